The van der Waals surface area contributed by atoms with Crippen molar-refractivity contribution in [1.29, 1.82) is 0 Å². The third-order valence-electron chi connectivity index (χ3n) is 2.10. The normalized spacial score (nSPS) is 9.21. The van der Waals surface area contributed by atoms with Gasteiger partial charge in [-0.2, -0.15) is 0 Å². The van der Waals surface area contributed by atoms with E-state index in [2.05, 4.69) is 6.92 Å². The summed E-state index contributed by atoms with van der Waals surface area (Å²) in [5.74, 6) is -0.132. The molecule has 0 aliphatic carbocycles. The van der Waals surface area contributed by atoms with Crippen molar-refractivity contribution in [3.8, 4) is 0 Å². The summed E-state index contributed by atoms with van der Waals surface area (Å²) < 4.78 is 12.7. The van der Waals surface area contributed by atoms with Gasteiger partial charge in [-0.1, -0.05) is 33.3 Å². The molecule has 0 fully saturated rings. The average molecular weight is 196 g/mol. The Morgan fingerprint density at radius 1 is 1.21 bits per heavy atom. The van der Waals surface area contributed by atoms with E-state index < -0.39 is 0 Å². The summed E-state index contributed by atoms with van der Waals surface area (Å²) in [6, 6.07) is 5.03. The highest BCUT2D eigenvalue weighted by molar-refractivity contribution is 5.26. The number of hydrogen-bond donors (Lipinski definition) is 0. The second kappa shape index (κ2) is 7.54. The number of rotatable bonds is 3. The minimum Gasteiger partial charge on any atom is -0.207 e. The van der Waals surface area contributed by atoms with E-state index in [9.17, 15) is 4.39 Å². The molecule has 0 unspecified atom stereocenters. The highest BCUT2D eigenvalue weighted by Crippen LogP contribution is 2.12. The van der Waals surface area contributed by atoms with Crippen LogP contribution in [0.4, 0.5) is 4.39 Å². The van der Waals surface area contributed by atoms with Gasteiger partial charge in [-0.3, -0.25) is 0 Å². The van der Waals surface area contributed by atoms with Gasteiger partial charge < -0.3 is 0 Å². The number of aryl methyl sites for hydroxylation is 2. The van der Waals surface area contributed by atoms with Crippen LogP contribution in [0.3, 0.4) is 0 Å². The van der Waals surface area contributed by atoms with Gasteiger partial charge in [-0.15, -0.1) is 0 Å². The average Bonchev–Trinajstić information content (AvgIpc) is 2.20. The molecule has 80 valence electrons. The first-order chi connectivity index (χ1) is 6.74. The molecular formula is C13H21F. The van der Waals surface area contributed by atoms with E-state index in [1.54, 1.807) is 6.07 Å². The zero-order valence-corrected chi connectivity index (χ0v) is 9.73. The van der Waals surface area contributed by atoms with E-state index in [1.165, 1.54) is 24.5 Å². The molecule has 0 bridgehead atoms. The Bertz CT molecular complexity index is 253. The van der Waals surface area contributed by atoms with Gasteiger partial charge in [-0.05, 0) is 43.0 Å². The Morgan fingerprint density at radius 3 is 2.36 bits per heavy atom. The highest BCUT2D eigenvalue weighted by Gasteiger charge is 1.98. The van der Waals surface area contributed by atoms with Crippen LogP contribution >= 0.6 is 0 Å². The standard InChI is InChI=1S/C11H15F.C2H6/c1-3-4-5-10-6-7-11(12)8-9(10)2;1-2/h6-8H,3-5H2,1-2H3;1-2H3. The van der Waals surface area contributed by atoms with Crippen molar-refractivity contribution in [2.45, 2.75) is 47.0 Å². The lowest BCUT2D eigenvalue weighted by Gasteiger charge is -2.03. The molecule has 0 aliphatic heterocycles. The van der Waals surface area contributed by atoms with Crippen molar-refractivity contribution in [3.05, 3.63) is 35.1 Å². The molecule has 1 aromatic rings. The quantitative estimate of drug-likeness (QED) is 0.667. The lowest BCUT2D eigenvalue weighted by molar-refractivity contribution is 0.625. The summed E-state index contributed by atoms with van der Waals surface area (Å²) in [5.41, 5.74) is 2.35. The van der Waals surface area contributed by atoms with Crippen LogP contribution in [0.15, 0.2) is 18.2 Å². The zero-order chi connectivity index (χ0) is 11.0. The topological polar surface area (TPSA) is 0 Å². The van der Waals surface area contributed by atoms with Crippen LogP contribution in [0.5, 0.6) is 0 Å². The van der Waals surface area contributed by atoms with Crippen LogP contribution in [0.25, 0.3) is 0 Å². The van der Waals surface area contributed by atoms with Gasteiger partial charge in [0, 0.05) is 0 Å². The van der Waals surface area contributed by atoms with E-state index in [-0.39, 0.29) is 5.82 Å². The van der Waals surface area contributed by atoms with Gasteiger partial charge in [0.15, 0.2) is 0 Å². The van der Waals surface area contributed by atoms with Crippen molar-refractivity contribution in [1.82, 2.24) is 0 Å². The second-order valence-electron chi connectivity index (χ2n) is 3.17. The third kappa shape index (κ3) is 4.40. The van der Waals surface area contributed by atoms with E-state index in [0.29, 0.717) is 0 Å². The van der Waals surface area contributed by atoms with Crippen LogP contribution in [0, 0.1) is 12.7 Å². The minimum atomic E-state index is -0.132. The molecule has 0 aliphatic rings. The molecule has 0 amide bonds. The number of halogens is 1. The van der Waals surface area contributed by atoms with Crippen LogP contribution in [-0.4, -0.2) is 0 Å². The lowest BCUT2D eigenvalue weighted by Crippen LogP contribution is -1.90. The Kier molecular flexibility index (Phi) is 7.09. The molecule has 0 spiro atoms. The van der Waals surface area contributed by atoms with Gasteiger partial charge in [0.1, 0.15) is 5.82 Å². The molecule has 0 heterocycles. The predicted molar refractivity (Wildman–Crippen MR) is 61.1 cm³/mol. The summed E-state index contributed by atoms with van der Waals surface area (Å²) in [6.07, 6.45) is 3.45. The Balaban J connectivity index is 0.000000791. The number of benzene rings is 1. The molecule has 1 heteroatoms. The summed E-state index contributed by atoms with van der Waals surface area (Å²) in [4.78, 5) is 0. The molecule has 0 atom stereocenters. The Labute approximate surface area is 87.2 Å². The summed E-state index contributed by atoms with van der Waals surface area (Å²) >= 11 is 0. The van der Waals surface area contributed by atoms with Crippen molar-refractivity contribution in [2.24, 2.45) is 0 Å². The van der Waals surface area contributed by atoms with Gasteiger partial charge in [0.25, 0.3) is 0 Å². The Hall–Kier alpha value is -0.850. The smallest absolute Gasteiger partial charge is 0.123 e. The Morgan fingerprint density at radius 2 is 1.86 bits per heavy atom. The molecule has 14 heavy (non-hydrogen) atoms. The largest absolute Gasteiger partial charge is 0.207 e. The van der Waals surface area contributed by atoms with Gasteiger partial charge in [-0.25, -0.2) is 4.39 Å². The van der Waals surface area contributed by atoms with Crippen LogP contribution in [0.2, 0.25) is 0 Å². The van der Waals surface area contributed by atoms with Crippen LogP contribution in [-0.2, 0) is 6.42 Å². The summed E-state index contributed by atoms with van der Waals surface area (Å²) in [6.45, 7) is 8.13. The molecule has 0 saturated carbocycles. The SMILES string of the molecule is CC.CCCCc1ccc(F)cc1C. The van der Waals surface area contributed by atoms with E-state index in [0.717, 1.165) is 12.0 Å². The maximum Gasteiger partial charge on any atom is 0.123 e. The van der Waals surface area contributed by atoms with Gasteiger partial charge >= 0.3 is 0 Å². The van der Waals surface area contributed by atoms with E-state index in [1.807, 2.05) is 26.8 Å². The number of hydrogen-bond acceptors (Lipinski definition) is 0. The molecule has 0 N–H and O–H groups in total. The molecule has 0 saturated heterocycles. The van der Waals surface area contributed by atoms with Crippen molar-refractivity contribution in [3.63, 3.8) is 0 Å². The molecule has 1 aromatic carbocycles. The number of unbranched alkanes of at least 4 members (excludes halogenated alkanes) is 1. The van der Waals surface area contributed by atoms with Crippen molar-refractivity contribution in [2.75, 3.05) is 0 Å². The minimum absolute atomic E-state index is 0.132. The van der Waals surface area contributed by atoms with Crippen molar-refractivity contribution >= 4 is 0 Å². The van der Waals surface area contributed by atoms with Gasteiger partial charge in [0.2, 0.25) is 0 Å². The molecule has 1 rings (SSSR count). The van der Waals surface area contributed by atoms with Crippen LogP contribution < -0.4 is 0 Å². The summed E-state index contributed by atoms with van der Waals surface area (Å²) in [7, 11) is 0. The molecule has 0 radical (unpaired) electrons. The lowest BCUT2D eigenvalue weighted by atomic mass is 10.0. The monoisotopic (exact) mass is 196 g/mol. The van der Waals surface area contributed by atoms with E-state index in [4.69, 9.17) is 0 Å². The first-order valence-electron chi connectivity index (χ1n) is 5.49. The third-order valence-corrected chi connectivity index (χ3v) is 2.10. The fourth-order valence-corrected chi connectivity index (χ4v) is 1.31. The molecule has 0 aromatic heterocycles. The predicted octanol–water partition coefficient (Wildman–Crippen LogP) is 4.50. The molecular weight excluding hydrogens is 175 g/mol. The van der Waals surface area contributed by atoms with Gasteiger partial charge in [0.05, 0.1) is 0 Å². The fourth-order valence-electron chi connectivity index (χ4n) is 1.31. The maximum absolute atomic E-state index is 12.7. The highest BCUT2D eigenvalue weighted by atomic mass is 19.1. The van der Waals surface area contributed by atoms with E-state index >= 15 is 0 Å². The second-order valence-corrected chi connectivity index (χ2v) is 3.17. The zero-order valence-electron chi connectivity index (χ0n) is 9.73. The summed E-state index contributed by atoms with van der Waals surface area (Å²) in [5, 5.41) is 0. The molecule has 0 nitrogen and oxygen atoms in total. The van der Waals surface area contributed by atoms with Crippen molar-refractivity contribution < 1.29 is 4.39 Å². The fraction of sp³-hybridized carbons (Fsp3) is 0.538. The van der Waals surface area contributed by atoms with Crippen LogP contribution in [0.1, 0.15) is 44.7 Å². The maximum atomic E-state index is 12.7. The first kappa shape index (κ1) is 13.2. The first-order valence-corrected chi connectivity index (χ1v) is 5.49.